The van der Waals surface area contributed by atoms with Crippen molar-refractivity contribution in [1.82, 2.24) is 0 Å². The number of ketones is 1. The van der Waals surface area contributed by atoms with E-state index < -0.39 is 11.5 Å². The Balaban J connectivity index is 1.90. The standard InChI is InChI=1S/C20H24BrNO3/c1-3-4-5-6-7-8-17(23)13-14-20(2)19(24)22-18(25-20)15-9-11-16(21)12-10-15/h9-14H,3-8H2,1-2H3/b14-13+/t20-/m1/s1. The second-order valence-electron chi connectivity index (χ2n) is 6.40. The van der Waals surface area contributed by atoms with E-state index in [0.717, 1.165) is 29.3 Å². The zero-order valence-corrected chi connectivity index (χ0v) is 16.3. The van der Waals surface area contributed by atoms with Gasteiger partial charge in [-0.3, -0.25) is 9.59 Å². The molecule has 0 spiro atoms. The van der Waals surface area contributed by atoms with Gasteiger partial charge in [0.15, 0.2) is 5.78 Å². The highest BCUT2D eigenvalue weighted by Crippen LogP contribution is 2.25. The Morgan fingerprint density at radius 2 is 1.88 bits per heavy atom. The number of allylic oxidation sites excluding steroid dienone is 1. The maximum Gasteiger partial charge on any atom is 0.296 e. The van der Waals surface area contributed by atoms with Gasteiger partial charge < -0.3 is 4.74 Å². The van der Waals surface area contributed by atoms with E-state index in [1.807, 2.05) is 24.3 Å². The number of nitrogens with zero attached hydrogens (tertiary/aromatic N) is 1. The van der Waals surface area contributed by atoms with Crippen molar-refractivity contribution in [2.45, 2.75) is 58.0 Å². The minimum Gasteiger partial charge on any atom is -0.456 e. The Kier molecular flexibility index (Phi) is 7.12. The fourth-order valence-corrected chi connectivity index (χ4v) is 2.79. The predicted molar refractivity (Wildman–Crippen MR) is 103 cm³/mol. The second-order valence-corrected chi connectivity index (χ2v) is 7.32. The van der Waals surface area contributed by atoms with Crippen LogP contribution in [0.4, 0.5) is 0 Å². The van der Waals surface area contributed by atoms with Gasteiger partial charge in [-0.05, 0) is 49.8 Å². The number of carbonyl (C=O) groups is 2. The molecule has 1 amide bonds. The quantitative estimate of drug-likeness (QED) is 0.429. The molecule has 0 saturated heterocycles. The normalized spacial score (nSPS) is 20.0. The number of ether oxygens (including phenoxy) is 1. The molecular formula is C20H24BrNO3. The van der Waals surface area contributed by atoms with Crippen LogP contribution in [0.3, 0.4) is 0 Å². The molecule has 0 aliphatic carbocycles. The molecule has 1 aliphatic heterocycles. The lowest BCUT2D eigenvalue weighted by Gasteiger charge is -2.17. The summed E-state index contributed by atoms with van der Waals surface area (Å²) in [5.74, 6) is -0.0831. The molecule has 1 aliphatic rings. The molecule has 0 N–H and O–H groups in total. The van der Waals surface area contributed by atoms with Gasteiger partial charge in [0.1, 0.15) is 0 Å². The molecule has 1 atom stereocenters. The van der Waals surface area contributed by atoms with Gasteiger partial charge in [-0.2, -0.15) is 4.99 Å². The van der Waals surface area contributed by atoms with Crippen molar-refractivity contribution in [3.05, 3.63) is 46.5 Å². The van der Waals surface area contributed by atoms with Gasteiger partial charge in [0.2, 0.25) is 11.5 Å². The van der Waals surface area contributed by atoms with Gasteiger partial charge in [-0.15, -0.1) is 0 Å². The summed E-state index contributed by atoms with van der Waals surface area (Å²) in [6.45, 7) is 3.80. The minimum absolute atomic E-state index is 0.0196. The summed E-state index contributed by atoms with van der Waals surface area (Å²) < 4.78 is 6.68. The van der Waals surface area contributed by atoms with Crippen LogP contribution in [0.25, 0.3) is 0 Å². The Hall–Kier alpha value is -1.75. The lowest BCUT2D eigenvalue weighted by Crippen LogP contribution is -2.31. The highest BCUT2D eigenvalue weighted by atomic mass is 79.9. The molecule has 0 unspecified atom stereocenters. The summed E-state index contributed by atoms with van der Waals surface area (Å²) >= 11 is 3.37. The summed E-state index contributed by atoms with van der Waals surface area (Å²) in [5, 5.41) is 0. The zero-order chi connectivity index (χ0) is 18.3. The van der Waals surface area contributed by atoms with E-state index in [-0.39, 0.29) is 11.7 Å². The SMILES string of the molecule is CCCCCCCC(=O)/C=C/[C@@]1(C)OC(c2ccc(Br)cc2)=NC1=O. The molecule has 0 fully saturated rings. The highest BCUT2D eigenvalue weighted by molar-refractivity contribution is 9.10. The molecule has 1 aromatic rings. The molecular weight excluding hydrogens is 382 g/mol. The Bertz CT molecular complexity index is 679. The van der Waals surface area contributed by atoms with Crippen LogP contribution >= 0.6 is 15.9 Å². The van der Waals surface area contributed by atoms with Crippen LogP contribution in [0.1, 0.15) is 57.9 Å². The van der Waals surface area contributed by atoms with Crippen molar-refractivity contribution in [3.63, 3.8) is 0 Å². The monoisotopic (exact) mass is 405 g/mol. The van der Waals surface area contributed by atoms with Crippen LogP contribution in [0.5, 0.6) is 0 Å². The second kappa shape index (κ2) is 9.09. The van der Waals surface area contributed by atoms with Crippen molar-refractivity contribution in [1.29, 1.82) is 0 Å². The van der Waals surface area contributed by atoms with Crippen molar-refractivity contribution in [3.8, 4) is 0 Å². The van der Waals surface area contributed by atoms with E-state index in [1.54, 1.807) is 6.92 Å². The van der Waals surface area contributed by atoms with E-state index in [2.05, 4.69) is 27.8 Å². The average Bonchev–Trinajstić information content (AvgIpc) is 2.89. The Labute approximate surface area is 157 Å². The van der Waals surface area contributed by atoms with Gasteiger partial charge in [-0.1, -0.05) is 48.5 Å². The topological polar surface area (TPSA) is 55.7 Å². The molecule has 4 nitrogen and oxygen atoms in total. The number of benzene rings is 1. The maximum absolute atomic E-state index is 12.2. The molecule has 5 heteroatoms. The van der Waals surface area contributed by atoms with Gasteiger partial charge in [-0.25, -0.2) is 0 Å². The number of hydrogen-bond acceptors (Lipinski definition) is 3. The van der Waals surface area contributed by atoms with Crippen LogP contribution < -0.4 is 0 Å². The first-order valence-electron chi connectivity index (χ1n) is 8.75. The van der Waals surface area contributed by atoms with Crippen LogP contribution in [0.2, 0.25) is 0 Å². The molecule has 1 aromatic carbocycles. The third-order valence-electron chi connectivity index (χ3n) is 4.14. The predicted octanol–water partition coefficient (Wildman–Crippen LogP) is 5.00. The smallest absolute Gasteiger partial charge is 0.296 e. The Morgan fingerprint density at radius 3 is 2.56 bits per heavy atom. The molecule has 134 valence electrons. The van der Waals surface area contributed by atoms with E-state index >= 15 is 0 Å². The number of rotatable bonds is 9. The number of unbranched alkanes of at least 4 members (excludes halogenated alkanes) is 4. The van der Waals surface area contributed by atoms with E-state index in [4.69, 9.17) is 4.74 Å². The highest BCUT2D eigenvalue weighted by Gasteiger charge is 2.40. The number of aliphatic imine (C=N–C) groups is 1. The van der Waals surface area contributed by atoms with Gasteiger partial charge in [0, 0.05) is 16.5 Å². The largest absolute Gasteiger partial charge is 0.456 e. The Morgan fingerprint density at radius 1 is 1.20 bits per heavy atom. The molecule has 0 radical (unpaired) electrons. The van der Waals surface area contributed by atoms with Crippen molar-refractivity contribution in [2.75, 3.05) is 0 Å². The summed E-state index contributed by atoms with van der Waals surface area (Å²) in [7, 11) is 0. The fourth-order valence-electron chi connectivity index (χ4n) is 2.53. The molecule has 0 bridgehead atoms. The van der Waals surface area contributed by atoms with Crippen LogP contribution in [-0.4, -0.2) is 23.2 Å². The number of carbonyl (C=O) groups excluding carboxylic acids is 2. The molecule has 1 heterocycles. The van der Waals surface area contributed by atoms with Crippen molar-refractivity contribution >= 4 is 33.5 Å². The first-order chi connectivity index (χ1) is 11.9. The van der Waals surface area contributed by atoms with Crippen LogP contribution in [-0.2, 0) is 14.3 Å². The summed E-state index contributed by atoms with van der Waals surface area (Å²) in [5.41, 5.74) is -0.476. The molecule has 2 rings (SSSR count). The summed E-state index contributed by atoms with van der Waals surface area (Å²) in [6.07, 6.45) is 9.00. The van der Waals surface area contributed by atoms with E-state index in [9.17, 15) is 9.59 Å². The third-order valence-corrected chi connectivity index (χ3v) is 4.67. The summed E-state index contributed by atoms with van der Waals surface area (Å²) in [4.78, 5) is 28.2. The average molecular weight is 406 g/mol. The first kappa shape index (κ1) is 19.6. The van der Waals surface area contributed by atoms with Crippen LogP contribution in [0, 0.1) is 0 Å². The number of halogens is 1. The number of amides is 1. The van der Waals surface area contributed by atoms with Gasteiger partial charge in [0.05, 0.1) is 0 Å². The third kappa shape index (κ3) is 5.63. The molecule has 0 saturated carbocycles. The number of hydrogen-bond donors (Lipinski definition) is 0. The van der Waals surface area contributed by atoms with Crippen molar-refractivity contribution in [2.24, 2.45) is 4.99 Å². The summed E-state index contributed by atoms with van der Waals surface area (Å²) in [6, 6.07) is 7.37. The maximum atomic E-state index is 12.2. The van der Waals surface area contributed by atoms with E-state index in [1.165, 1.54) is 25.0 Å². The first-order valence-corrected chi connectivity index (χ1v) is 9.54. The van der Waals surface area contributed by atoms with Crippen LogP contribution in [0.15, 0.2) is 45.9 Å². The van der Waals surface area contributed by atoms with Crippen molar-refractivity contribution < 1.29 is 14.3 Å². The lowest BCUT2D eigenvalue weighted by molar-refractivity contribution is -0.126. The fraction of sp³-hybridized carbons (Fsp3) is 0.450. The zero-order valence-electron chi connectivity index (χ0n) is 14.8. The minimum atomic E-state index is -1.21. The molecule has 0 aromatic heterocycles. The van der Waals surface area contributed by atoms with Gasteiger partial charge in [0.25, 0.3) is 5.91 Å². The molecule has 25 heavy (non-hydrogen) atoms. The lowest BCUT2D eigenvalue weighted by atomic mass is 10.0. The van der Waals surface area contributed by atoms with Gasteiger partial charge >= 0.3 is 0 Å². The van der Waals surface area contributed by atoms with E-state index in [0.29, 0.717) is 6.42 Å².